The second-order valence-electron chi connectivity index (χ2n) is 8.05. The number of alkyl halides is 3. The summed E-state index contributed by atoms with van der Waals surface area (Å²) < 4.78 is 39.8. The Balaban J connectivity index is 0.000000384. The lowest BCUT2D eigenvalue weighted by Gasteiger charge is -2.21. The summed E-state index contributed by atoms with van der Waals surface area (Å²) in [5.74, 6) is -4.12. The maximum absolute atomic E-state index is 12.0. The maximum atomic E-state index is 12.0. The lowest BCUT2D eigenvalue weighted by atomic mass is 10.1. The van der Waals surface area contributed by atoms with Crippen molar-refractivity contribution in [1.82, 2.24) is 9.80 Å². The van der Waals surface area contributed by atoms with E-state index in [0.717, 1.165) is 27.2 Å². The molecule has 2 N–H and O–H groups in total. The maximum Gasteiger partial charge on any atom is 0.422 e. The van der Waals surface area contributed by atoms with Crippen LogP contribution in [0, 0.1) is 13.8 Å². The summed E-state index contributed by atoms with van der Waals surface area (Å²) in [6.45, 7) is 6.72. The van der Waals surface area contributed by atoms with Crippen LogP contribution in [-0.4, -0.2) is 59.4 Å². The van der Waals surface area contributed by atoms with Crippen LogP contribution in [0.2, 0.25) is 0 Å². The minimum absolute atomic E-state index is 0.142. The summed E-state index contributed by atoms with van der Waals surface area (Å²) in [7, 11) is 0. The fourth-order valence-electron chi connectivity index (χ4n) is 3.13. The molecule has 0 aliphatic rings. The van der Waals surface area contributed by atoms with Gasteiger partial charge in [0.05, 0.1) is 0 Å². The molecule has 0 unspecified atom stereocenters. The predicted octanol–water partition coefficient (Wildman–Crippen LogP) is 3.28. The number of benzene rings is 2. The van der Waals surface area contributed by atoms with Crippen molar-refractivity contribution in [2.75, 3.05) is 19.7 Å². The lowest BCUT2D eigenvalue weighted by Crippen LogP contribution is -2.39. The smallest absolute Gasteiger partial charge is 0.422 e. The average molecular weight is 524 g/mol. The van der Waals surface area contributed by atoms with E-state index in [1.165, 1.54) is 4.90 Å². The second-order valence-corrected chi connectivity index (χ2v) is 8.05. The Morgan fingerprint density at radius 1 is 0.784 bits per heavy atom. The van der Waals surface area contributed by atoms with Crippen LogP contribution in [0.25, 0.3) is 0 Å². The first-order chi connectivity index (χ1) is 17.3. The first-order valence-corrected chi connectivity index (χ1v) is 11.5. The lowest BCUT2D eigenvalue weighted by molar-refractivity contribution is -0.189. The summed E-state index contributed by atoms with van der Waals surface area (Å²) in [6, 6.07) is 15.0. The Morgan fingerprint density at radius 3 is 1.54 bits per heavy atom. The van der Waals surface area contributed by atoms with Gasteiger partial charge in [-0.15, -0.1) is 0 Å². The van der Waals surface area contributed by atoms with E-state index in [-0.39, 0.29) is 13.1 Å². The van der Waals surface area contributed by atoms with Crippen molar-refractivity contribution in [3.8, 4) is 0 Å². The molecular formula is C26H32F3N3O5. The Morgan fingerprint density at radius 2 is 1.19 bits per heavy atom. The number of rotatable bonds is 7. The fraction of sp³-hybridized carbons (Fsp3) is 0.385. The zero-order chi connectivity index (χ0) is 28.2. The molecule has 0 saturated carbocycles. The molecule has 0 saturated heterocycles. The number of halogens is 3. The van der Waals surface area contributed by atoms with E-state index >= 15 is 0 Å². The monoisotopic (exact) mass is 523 g/mol. The van der Waals surface area contributed by atoms with E-state index in [1.54, 1.807) is 19.1 Å². The van der Waals surface area contributed by atoms with Crippen LogP contribution >= 0.6 is 0 Å². The molecule has 0 heterocycles. The number of likely N-dealkylation sites (N-methyl/N-ethyl adjacent to an activating group) is 2. The van der Waals surface area contributed by atoms with Crippen molar-refractivity contribution in [2.45, 2.75) is 47.0 Å². The van der Waals surface area contributed by atoms with Crippen LogP contribution in [0.15, 0.2) is 48.5 Å². The molecule has 2 aromatic carbocycles. The minimum Gasteiger partial charge on any atom is -0.449 e. The van der Waals surface area contributed by atoms with Crippen molar-refractivity contribution < 1.29 is 37.1 Å². The molecule has 0 spiro atoms. The highest BCUT2D eigenvalue weighted by atomic mass is 19.4. The van der Waals surface area contributed by atoms with E-state index < -0.39 is 36.5 Å². The molecule has 2 rings (SSSR count). The Labute approximate surface area is 214 Å². The van der Waals surface area contributed by atoms with Gasteiger partial charge in [-0.1, -0.05) is 48.5 Å². The number of hydrogen-bond donors (Lipinski definition) is 1. The molecular weight excluding hydrogens is 491 g/mol. The van der Waals surface area contributed by atoms with E-state index in [0.29, 0.717) is 13.1 Å². The number of primary amides is 1. The summed E-state index contributed by atoms with van der Waals surface area (Å²) in [5.41, 5.74) is 8.84. The van der Waals surface area contributed by atoms with Gasteiger partial charge in [0, 0.05) is 26.2 Å². The number of carbonyl (C=O) groups excluding carboxylic acids is 4. The topological polar surface area (TPSA) is 110 Å². The predicted molar refractivity (Wildman–Crippen MR) is 131 cm³/mol. The molecule has 37 heavy (non-hydrogen) atoms. The van der Waals surface area contributed by atoms with Gasteiger partial charge >= 0.3 is 29.9 Å². The molecule has 0 aliphatic carbocycles. The number of nitrogens with two attached hydrogens (primary N) is 1. The van der Waals surface area contributed by atoms with Crippen molar-refractivity contribution in [3.05, 3.63) is 70.8 Å². The van der Waals surface area contributed by atoms with Crippen LogP contribution < -0.4 is 5.73 Å². The van der Waals surface area contributed by atoms with Gasteiger partial charge in [0.2, 0.25) is 0 Å². The molecule has 0 aromatic heterocycles. The van der Waals surface area contributed by atoms with Crippen molar-refractivity contribution >= 4 is 23.7 Å². The standard InChI is InChI=1S/C14H16F3NO3.C12H16N2O2/c1-3-18(8-11-7-5-4-6-10(11)2)12(19)13(20)21-9-14(15,16)17;1-3-14(12(16)11(13)15)8-10-7-5-4-6-9(10)2/h4-7H,3,8-9H2,1-2H3;4-7H,3,8H2,1-2H3,(H2,13,15). The number of amides is 3. The Bertz CT molecular complexity index is 1090. The second kappa shape index (κ2) is 14.6. The molecule has 0 fully saturated rings. The molecule has 0 aliphatic heterocycles. The van der Waals surface area contributed by atoms with Crippen LogP contribution in [0.1, 0.15) is 36.1 Å². The van der Waals surface area contributed by atoms with Gasteiger partial charge in [0.15, 0.2) is 6.61 Å². The molecule has 202 valence electrons. The molecule has 0 radical (unpaired) electrons. The van der Waals surface area contributed by atoms with Crippen molar-refractivity contribution in [2.24, 2.45) is 5.73 Å². The molecule has 0 bridgehead atoms. The number of aryl methyl sites for hydroxylation is 2. The van der Waals surface area contributed by atoms with Gasteiger partial charge in [-0.2, -0.15) is 13.2 Å². The van der Waals surface area contributed by atoms with E-state index in [9.17, 15) is 32.3 Å². The molecule has 0 atom stereocenters. The zero-order valence-electron chi connectivity index (χ0n) is 21.3. The summed E-state index contributed by atoms with van der Waals surface area (Å²) in [4.78, 5) is 48.0. The van der Waals surface area contributed by atoms with Crippen LogP contribution in [0.5, 0.6) is 0 Å². The fourth-order valence-corrected chi connectivity index (χ4v) is 3.13. The highest BCUT2D eigenvalue weighted by molar-refractivity contribution is 6.34. The quantitative estimate of drug-likeness (QED) is 0.443. The highest BCUT2D eigenvalue weighted by Gasteiger charge is 2.32. The van der Waals surface area contributed by atoms with Crippen molar-refractivity contribution in [3.63, 3.8) is 0 Å². The summed E-state index contributed by atoms with van der Waals surface area (Å²) in [5, 5.41) is 0. The third kappa shape index (κ3) is 10.7. The average Bonchev–Trinajstić information content (AvgIpc) is 2.85. The number of esters is 1. The van der Waals surface area contributed by atoms with Gasteiger partial charge in [-0.3, -0.25) is 14.4 Å². The third-order valence-corrected chi connectivity index (χ3v) is 5.34. The molecule has 8 nitrogen and oxygen atoms in total. The van der Waals surface area contributed by atoms with E-state index in [1.807, 2.05) is 57.2 Å². The van der Waals surface area contributed by atoms with Crippen LogP contribution in [-0.2, 0) is 37.0 Å². The SMILES string of the molecule is CCN(Cc1ccccc1C)C(=O)C(=O)OCC(F)(F)F.CCN(Cc1ccccc1C)C(=O)C(N)=O. The van der Waals surface area contributed by atoms with Crippen LogP contribution in [0.3, 0.4) is 0 Å². The van der Waals surface area contributed by atoms with Gasteiger partial charge < -0.3 is 20.3 Å². The minimum atomic E-state index is -4.65. The number of hydrogen-bond acceptors (Lipinski definition) is 5. The highest BCUT2D eigenvalue weighted by Crippen LogP contribution is 2.15. The molecule has 2 aromatic rings. The molecule has 11 heteroatoms. The molecule has 3 amide bonds. The first-order valence-electron chi connectivity index (χ1n) is 11.5. The van der Waals surface area contributed by atoms with Gasteiger partial charge in [-0.05, 0) is 49.9 Å². The zero-order valence-corrected chi connectivity index (χ0v) is 21.3. The number of nitrogens with zero attached hydrogens (tertiary/aromatic N) is 2. The largest absolute Gasteiger partial charge is 0.449 e. The number of ether oxygens (including phenoxy) is 1. The number of carbonyl (C=O) groups is 4. The van der Waals surface area contributed by atoms with Crippen molar-refractivity contribution in [1.29, 1.82) is 0 Å². The summed E-state index contributed by atoms with van der Waals surface area (Å²) >= 11 is 0. The van der Waals surface area contributed by atoms with E-state index in [2.05, 4.69) is 4.74 Å². The van der Waals surface area contributed by atoms with E-state index in [4.69, 9.17) is 5.73 Å². The van der Waals surface area contributed by atoms with Crippen LogP contribution in [0.4, 0.5) is 13.2 Å². The Hall–Kier alpha value is -3.89. The Kier molecular flexibility index (Phi) is 12.3. The van der Waals surface area contributed by atoms with Gasteiger partial charge in [-0.25, -0.2) is 4.79 Å². The van der Waals surface area contributed by atoms with Gasteiger partial charge in [0.25, 0.3) is 0 Å². The normalized spacial score (nSPS) is 10.6. The van der Waals surface area contributed by atoms with Gasteiger partial charge in [0.1, 0.15) is 0 Å². The first kappa shape index (κ1) is 31.1. The third-order valence-electron chi connectivity index (χ3n) is 5.34. The summed E-state index contributed by atoms with van der Waals surface area (Å²) in [6.07, 6.45) is -4.65.